The third-order valence-electron chi connectivity index (χ3n) is 4.77. The van der Waals surface area contributed by atoms with E-state index >= 15 is 0 Å². The van der Waals surface area contributed by atoms with Crippen LogP contribution in [0.2, 0.25) is 0 Å². The van der Waals surface area contributed by atoms with Gasteiger partial charge in [-0.2, -0.15) is 0 Å². The maximum atomic E-state index is 12.8. The summed E-state index contributed by atoms with van der Waals surface area (Å²) in [5.74, 6) is 0.547. The summed E-state index contributed by atoms with van der Waals surface area (Å²) >= 11 is 0. The van der Waals surface area contributed by atoms with Crippen LogP contribution in [0.4, 0.5) is 0 Å². The largest absolute Gasteiger partial charge is 0.506 e. The smallest absolute Gasteiger partial charge is 0.257 e. The van der Waals surface area contributed by atoms with Gasteiger partial charge in [0, 0.05) is 18.0 Å². The van der Waals surface area contributed by atoms with Crippen molar-refractivity contribution in [2.45, 2.75) is 32.7 Å². The molecule has 1 aliphatic heterocycles. The van der Waals surface area contributed by atoms with Gasteiger partial charge in [-0.3, -0.25) is 4.79 Å². The van der Waals surface area contributed by atoms with Crippen LogP contribution in [0, 0.1) is 5.92 Å². The zero-order valence-electron chi connectivity index (χ0n) is 12.5. The fourth-order valence-corrected chi connectivity index (χ4v) is 3.20. The van der Waals surface area contributed by atoms with E-state index in [9.17, 15) is 9.90 Å². The molecule has 2 aromatic rings. The van der Waals surface area contributed by atoms with Crippen molar-refractivity contribution < 1.29 is 9.90 Å². The zero-order valence-corrected chi connectivity index (χ0v) is 12.5. The Balaban J connectivity index is 2.00. The summed E-state index contributed by atoms with van der Waals surface area (Å²) in [6.45, 7) is 5.06. The highest BCUT2D eigenvalue weighted by atomic mass is 16.3. The summed E-state index contributed by atoms with van der Waals surface area (Å²) in [6.07, 6.45) is 2.19. The number of phenolic OH excluding ortho intramolecular Hbond substituents is 1. The molecule has 1 heterocycles. The summed E-state index contributed by atoms with van der Waals surface area (Å²) in [5, 5.41) is 12.1. The number of likely N-dealkylation sites (tertiary alicyclic amines) is 1. The highest BCUT2D eigenvalue weighted by Gasteiger charge is 2.30. The lowest BCUT2D eigenvalue weighted by Gasteiger charge is -2.38. The SMILES string of the molecule is CC1CCCN(C(=O)c2ccc3ccccc3c2O)C1C. The van der Waals surface area contributed by atoms with Gasteiger partial charge in [0.25, 0.3) is 5.91 Å². The van der Waals surface area contributed by atoms with E-state index in [4.69, 9.17) is 0 Å². The minimum Gasteiger partial charge on any atom is -0.506 e. The molecule has 2 atom stereocenters. The Bertz CT molecular complexity index is 680. The van der Waals surface area contributed by atoms with E-state index in [1.165, 1.54) is 0 Å². The van der Waals surface area contributed by atoms with Crippen molar-refractivity contribution in [2.24, 2.45) is 5.92 Å². The van der Waals surface area contributed by atoms with Gasteiger partial charge in [0.05, 0.1) is 5.56 Å². The van der Waals surface area contributed by atoms with E-state index in [1.54, 1.807) is 6.07 Å². The van der Waals surface area contributed by atoms with Gasteiger partial charge < -0.3 is 10.0 Å². The Morgan fingerprint density at radius 3 is 2.76 bits per heavy atom. The summed E-state index contributed by atoms with van der Waals surface area (Å²) < 4.78 is 0. The van der Waals surface area contributed by atoms with Gasteiger partial charge in [-0.25, -0.2) is 0 Å². The summed E-state index contributed by atoms with van der Waals surface area (Å²) in [7, 11) is 0. The molecule has 0 aromatic heterocycles. The van der Waals surface area contributed by atoms with Gasteiger partial charge in [0.2, 0.25) is 0 Å². The number of aromatic hydroxyl groups is 1. The van der Waals surface area contributed by atoms with Crippen LogP contribution in [0.1, 0.15) is 37.0 Å². The van der Waals surface area contributed by atoms with Gasteiger partial charge in [-0.15, -0.1) is 0 Å². The highest BCUT2D eigenvalue weighted by molar-refractivity contribution is 6.03. The number of fused-ring (bicyclic) bond motifs is 1. The number of phenols is 1. The molecular formula is C18H21NO2. The number of hydrogen-bond acceptors (Lipinski definition) is 2. The third-order valence-corrected chi connectivity index (χ3v) is 4.77. The van der Waals surface area contributed by atoms with Crippen molar-refractivity contribution in [3.8, 4) is 5.75 Å². The van der Waals surface area contributed by atoms with Crippen molar-refractivity contribution in [1.82, 2.24) is 4.90 Å². The molecule has 3 nitrogen and oxygen atoms in total. The predicted octanol–water partition coefficient (Wildman–Crippen LogP) is 3.81. The highest BCUT2D eigenvalue weighted by Crippen LogP contribution is 2.31. The molecule has 3 rings (SSSR count). The quantitative estimate of drug-likeness (QED) is 0.864. The standard InChI is InChI=1S/C18H21NO2/c1-12-6-5-11-19(13(12)2)18(21)16-10-9-14-7-3-4-8-15(14)17(16)20/h3-4,7-10,12-13,20H,5-6,11H2,1-2H3. The maximum absolute atomic E-state index is 12.8. The predicted molar refractivity (Wildman–Crippen MR) is 84.5 cm³/mol. The first-order chi connectivity index (χ1) is 10.1. The van der Waals surface area contributed by atoms with Crippen LogP contribution in [-0.4, -0.2) is 28.5 Å². The van der Waals surface area contributed by atoms with E-state index in [-0.39, 0.29) is 17.7 Å². The van der Waals surface area contributed by atoms with Crippen molar-refractivity contribution in [3.05, 3.63) is 42.0 Å². The Morgan fingerprint density at radius 1 is 1.19 bits per heavy atom. The molecule has 2 aromatic carbocycles. The molecule has 1 N–H and O–H groups in total. The van der Waals surface area contributed by atoms with E-state index in [2.05, 4.69) is 13.8 Å². The van der Waals surface area contributed by atoms with E-state index < -0.39 is 0 Å². The number of hydrogen-bond donors (Lipinski definition) is 1. The van der Waals surface area contributed by atoms with E-state index in [0.29, 0.717) is 11.5 Å². The molecule has 0 spiro atoms. The van der Waals surface area contributed by atoms with Crippen LogP contribution in [0.3, 0.4) is 0 Å². The molecule has 3 heteroatoms. The lowest BCUT2D eigenvalue weighted by Crippen LogP contribution is -2.46. The van der Waals surface area contributed by atoms with E-state index in [0.717, 1.165) is 30.2 Å². The number of amides is 1. The minimum atomic E-state index is -0.0581. The van der Waals surface area contributed by atoms with Gasteiger partial charge in [0.15, 0.2) is 0 Å². The number of piperidine rings is 1. The van der Waals surface area contributed by atoms with Crippen molar-refractivity contribution in [2.75, 3.05) is 6.54 Å². The molecular weight excluding hydrogens is 262 g/mol. The molecule has 110 valence electrons. The second kappa shape index (κ2) is 5.40. The van der Waals surface area contributed by atoms with Crippen LogP contribution < -0.4 is 0 Å². The van der Waals surface area contributed by atoms with Crippen molar-refractivity contribution in [1.29, 1.82) is 0 Å². The molecule has 1 amide bonds. The number of nitrogens with zero attached hydrogens (tertiary/aromatic N) is 1. The minimum absolute atomic E-state index is 0.0581. The molecule has 1 fully saturated rings. The van der Waals surface area contributed by atoms with E-state index in [1.807, 2.05) is 35.2 Å². The van der Waals surface area contributed by atoms with Crippen LogP contribution in [-0.2, 0) is 0 Å². The van der Waals surface area contributed by atoms with Gasteiger partial charge in [-0.05, 0) is 37.1 Å². The first-order valence-electron chi connectivity index (χ1n) is 7.61. The lowest BCUT2D eigenvalue weighted by atomic mass is 9.91. The molecule has 0 bridgehead atoms. The fourth-order valence-electron chi connectivity index (χ4n) is 3.20. The second-order valence-corrected chi connectivity index (χ2v) is 6.04. The Hall–Kier alpha value is -2.03. The Kier molecular flexibility index (Phi) is 3.58. The lowest BCUT2D eigenvalue weighted by molar-refractivity contribution is 0.0548. The number of benzene rings is 2. The molecule has 2 unspecified atom stereocenters. The average molecular weight is 283 g/mol. The van der Waals surface area contributed by atoms with Crippen molar-refractivity contribution >= 4 is 16.7 Å². The molecule has 1 saturated heterocycles. The Labute approximate surface area is 125 Å². The topological polar surface area (TPSA) is 40.5 Å². The molecule has 0 aliphatic carbocycles. The monoisotopic (exact) mass is 283 g/mol. The number of carbonyl (C=O) groups excluding carboxylic acids is 1. The maximum Gasteiger partial charge on any atom is 0.257 e. The van der Waals surface area contributed by atoms with Crippen molar-refractivity contribution in [3.63, 3.8) is 0 Å². The Morgan fingerprint density at radius 2 is 1.95 bits per heavy atom. The molecule has 1 aliphatic rings. The number of carbonyl (C=O) groups is 1. The normalized spacial score (nSPS) is 22.5. The first kappa shape index (κ1) is 13.9. The van der Waals surface area contributed by atoms with Gasteiger partial charge in [0.1, 0.15) is 5.75 Å². The van der Waals surface area contributed by atoms with Gasteiger partial charge >= 0.3 is 0 Å². The summed E-state index contributed by atoms with van der Waals surface area (Å²) in [4.78, 5) is 14.7. The number of rotatable bonds is 1. The van der Waals surface area contributed by atoms with Crippen LogP contribution in [0.25, 0.3) is 10.8 Å². The zero-order chi connectivity index (χ0) is 15.0. The summed E-state index contributed by atoms with van der Waals surface area (Å²) in [6, 6.07) is 11.5. The fraction of sp³-hybridized carbons (Fsp3) is 0.389. The summed E-state index contributed by atoms with van der Waals surface area (Å²) in [5.41, 5.74) is 0.412. The molecule has 0 radical (unpaired) electrons. The third kappa shape index (κ3) is 2.37. The van der Waals surface area contributed by atoms with Gasteiger partial charge in [-0.1, -0.05) is 37.3 Å². The second-order valence-electron chi connectivity index (χ2n) is 6.04. The average Bonchev–Trinajstić information content (AvgIpc) is 2.50. The van der Waals surface area contributed by atoms with Crippen LogP contribution >= 0.6 is 0 Å². The van der Waals surface area contributed by atoms with Crippen LogP contribution in [0.5, 0.6) is 5.75 Å². The molecule has 0 saturated carbocycles. The van der Waals surface area contributed by atoms with Crippen LogP contribution in [0.15, 0.2) is 36.4 Å². The first-order valence-corrected chi connectivity index (χ1v) is 7.61. The molecule has 21 heavy (non-hydrogen) atoms.